The third-order valence-electron chi connectivity index (χ3n) is 3.33. The zero-order chi connectivity index (χ0) is 14.9. The van der Waals surface area contributed by atoms with Crippen LogP contribution in [0.4, 0.5) is 4.39 Å². The highest BCUT2D eigenvalue weighted by molar-refractivity contribution is 5.59. The van der Waals surface area contributed by atoms with Crippen LogP contribution in [-0.4, -0.2) is 5.21 Å². The fraction of sp³-hybridized carbons (Fsp3) is 0.250. The molecule has 0 aliphatic carbocycles. The van der Waals surface area contributed by atoms with Crippen molar-refractivity contribution in [1.29, 1.82) is 5.26 Å². The van der Waals surface area contributed by atoms with Crippen LogP contribution in [-0.2, 0) is 5.41 Å². The van der Waals surface area contributed by atoms with Crippen molar-refractivity contribution < 1.29 is 14.3 Å². The molecule has 1 aromatic carbocycles. The maximum Gasteiger partial charge on any atom is 0.300 e. The topological polar surface area (TPSA) is 47.9 Å². The Morgan fingerprint density at radius 2 is 1.80 bits per heavy atom. The maximum atomic E-state index is 14.7. The third kappa shape index (κ3) is 2.35. The zero-order valence-electron chi connectivity index (χ0n) is 11.7. The first-order valence-corrected chi connectivity index (χ1v) is 6.29. The van der Waals surface area contributed by atoms with Crippen LogP contribution in [0, 0.1) is 24.1 Å². The Hall–Kier alpha value is -2.41. The fourth-order valence-electron chi connectivity index (χ4n) is 2.03. The molecular weight excluding hydrogens is 255 g/mol. The van der Waals surface area contributed by atoms with Crippen molar-refractivity contribution in [1.82, 2.24) is 0 Å². The number of hydrogen-bond acceptors (Lipinski definition) is 2. The Morgan fingerprint density at radius 1 is 1.20 bits per heavy atom. The number of halogens is 1. The summed E-state index contributed by atoms with van der Waals surface area (Å²) in [4.78, 5) is 0. The average molecular weight is 271 g/mol. The summed E-state index contributed by atoms with van der Waals surface area (Å²) in [6.45, 7) is 5.22. The molecule has 0 amide bonds. The lowest BCUT2D eigenvalue weighted by molar-refractivity contribution is -0.897. The quantitative estimate of drug-likeness (QED) is 0.674. The summed E-state index contributed by atoms with van der Waals surface area (Å²) in [6, 6.07) is 10.7. The lowest BCUT2D eigenvalue weighted by atomic mass is 9.85. The van der Waals surface area contributed by atoms with Crippen molar-refractivity contribution >= 4 is 0 Å². The van der Waals surface area contributed by atoms with Gasteiger partial charge in [-0.3, -0.25) is 5.21 Å². The molecule has 102 valence electrons. The van der Waals surface area contributed by atoms with E-state index < -0.39 is 11.2 Å². The number of hydrogen-bond donors (Lipinski definition) is 1. The zero-order valence-corrected chi connectivity index (χ0v) is 11.7. The van der Waals surface area contributed by atoms with Gasteiger partial charge in [-0.2, -0.15) is 9.65 Å². The van der Waals surface area contributed by atoms with Gasteiger partial charge in [0.2, 0.25) is 12.0 Å². The van der Waals surface area contributed by atoms with Crippen LogP contribution in [0.25, 0.3) is 11.3 Å². The van der Waals surface area contributed by atoms with Crippen LogP contribution in [0.5, 0.6) is 0 Å². The van der Waals surface area contributed by atoms with E-state index in [0.717, 1.165) is 10.3 Å². The monoisotopic (exact) mass is 271 g/mol. The summed E-state index contributed by atoms with van der Waals surface area (Å²) < 4.78 is 15.4. The summed E-state index contributed by atoms with van der Waals surface area (Å²) in [5.41, 5.74) is 0.975. The van der Waals surface area contributed by atoms with Gasteiger partial charge in [-0.25, -0.2) is 0 Å². The van der Waals surface area contributed by atoms with E-state index in [-0.39, 0.29) is 11.3 Å². The van der Waals surface area contributed by atoms with Gasteiger partial charge in [0.05, 0.1) is 17.0 Å². The lowest BCUT2D eigenvalue weighted by Gasteiger charge is -2.16. The normalized spacial score (nSPS) is 11.2. The van der Waals surface area contributed by atoms with Gasteiger partial charge in [0.1, 0.15) is 0 Å². The molecule has 0 fully saturated rings. The van der Waals surface area contributed by atoms with Gasteiger partial charge in [0.15, 0.2) is 0 Å². The van der Waals surface area contributed by atoms with Gasteiger partial charge in [-0.15, -0.1) is 0 Å². The second kappa shape index (κ2) is 4.93. The Labute approximate surface area is 117 Å². The number of nitrogens with zero attached hydrogens (tertiary/aromatic N) is 2. The Morgan fingerprint density at radius 3 is 2.35 bits per heavy atom. The van der Waals surface area contributed by atoms with Crippen LogP contribution in [0.15, 0.2) is 36.5 Å². The number of benzene rings is 1. The molecule has 0 unspecified atom stereocenters. The lowest BCUT2D eigenvalue weighted by Crippen LogP contribution is -2.35. The Bertz CT molecular complexity index is 685. The minimum absolute atomic E-state index is 0.0609. The van der Waals surface area contributed by atoms with E-state index in [9.17, 15) is 9.60 Å². The standard InChI is InChI=1S/C16H16FN2O/c1-11-4-6-12(7-5-11)15-14(17)13(8-9-19(15)20)16(2,3)10-18/h4-9,20H,1-3H3/q+1. The minimum atomic E-state index is -0.961. The van der Waals surface area contributed by atoms with Crippen molar-refractivity contribution in [3.05, 3.63) is 53.5 Å². The molecular formula is C16H16FN2O+. The molecule has 0 saturated heterocycles. The summed E-state index contributed by atoms with van der Waals surface area (Å²) in [6.07, 6.45) is 1.35. The van der Waals surface area contributed by atoms with Crippen LogP contribution in [0.3, 0.4) is 0 Å². The molecule has 0 radical (unpaired) electrons. The molecule has 0 aliphatic heterocycles. The van der Waals surface area contributed by atoms with E-state index in [1.165, 1.54) is 12.3 Å². The molecule has 0 bridgehead atoms. The number of aryl methyl sites for hydroxylation is 1. The number of aromatic nitrogens is 1. The number of nitriles is 1. The van der Waals surface area contributed by atoms with E-state index in [4.69, 9.17) is 5.26 Å². The number of rotatable bonds is 2. The molecule has 3 nitrogen and oxygen atoms in total. The molecule has 2 aromatic rings. The predicted octanol–water partition coefficient (Wildman–Crippen LogP) is 3.13. The molecule has 2 rings (SSSR count). The Balaban J connectivity index is 2.68. The molecule has 0 aliphatic rings. The molecule has 1 heterocycles. The Kier molecular flexibility index (Phi) is 3.46. The van der Waals surface area contributed by atoms with E-state index in [1.54, 1.807) is 26.0 Å². The SMILES string of the molecule is Cc1ccc(-c2c(F)c(C(C)(C)C#N)cc[n+]2O)cc1. The molecule has 1 N–H and O–H groups in total. The highest BCUT2D eigenvalue weighted by Gasteiger charge is 2.31. The first-order valence-electron chi connectivity index (χ1n) is 6.29. The van der Waals surface area contributed by atoms with Crippen molar-refractivity contribution in [2.75, 3.05) is 0 Å². The molecule has 4 heteroatoms. The first-order chi connectivity index (χ1) is 9.36. The molecule has 1 aromatic heterocycles. The van der Waals surface area contributed by atoms with Crippen LogP contribution < -0.4 is 4.73 Å². The summed E-state index contributed by atoms with van der Waals surface area (Å²) >= 11 is 0. The van der Waals surface area contributed by atoms with E-state index in [2.05, 4.69) is 6.07 Å². The fourth-order valence-corrected chi connectivity index (χ4v) is 2.03. The molecule has 0 spiro atoms. The molecule has 0 saturated carbocycles. The van der Waals surface area contributed by atoms with Crippen molar-refractivity contribution in [2.45, 2.75) is 26.2 Å². The molecule has 20 heavy (non-hydrogen) atoms. The van der Waals surface area contributed by atoms with E-state index in [0.29, 0.717) is 5.56 Å². The summed E-state index contributed by atoms with van der Waals surface area (Å²) in [5, 5.41) is 19.0. The van der Waals surface area contributed by atoms with E-state index >= 15 is 0 Å². The van der Waals surface area contributed by atoms with Crippen LogP contribution in [0.1, 0.15) is 25.0 Å². The summed E-state index contributed by atoms with van der Waals surface area (Å²) in [7, 11) is 0. The number of pyridine rings is 1. The smallest absolute Gasteiger partial charge is 0.284 e. The van der Waals surface area contributed by atoms with Crippen LogP contribution >= 0.6 is 0 Å². The third-order valence-corrected chi connectivity index (χ3v) is 3.33. The van der Waals surface area contributed by atoms with Gasteiger partial charge < -0.3 is 0 Å². The van der Waals surface area contributed by atoms with E-state index in [1.807, 2.05) is 19.1 Å². The highest BCUT2D eigenvalue weighted by Crippen LogP contribution is 2.29. The van der Waals surface area contributed by atoms with Crippen molar-refractivity contribution in [3.8, 4) is 17.3 Å². The molecule has 0 atom stereocenters. The van der Waals surface area contributed by atoms with Gasteiger partial charge in [-0.1, -0.05) is 17.7 Å². The largest absolute Gasteiger partial charge is 0.300 e. The van der Waals surface area contributed by atoms with Gasteiger partial charge >= 0.3 is 0 Å². The first kappa shape index (κ1) is 14.0. The second-order valence-corrected chi connectivity index (χ2v) is 5.34. The minimum Gasteiger partial charge on any atom is -0.284 e. The summed E-state index contributed by atoms with van der Waals surface area (Å²) in [5.74, 6) is -0.578. The van der Waals surface area contributed by atoms with Crippen molar-refractivity contribution in [2.24, 2.45) is 0 Å². The average Bonchev–Trinajstić information content (AvgIpc) is 2.40. The van der Waals surface area contributed by atoms with Gasteiger partial charge in [0, 0.05) is 16.4 Å². The van der Waals surface area contributed by atoms with Gasteiger partial charge in [-0.05, 0) is 32.9 Å². The maximum absolute atomic E-state index is 14.7. The van der Waals surface area contributed by atoms with Crippen LogP contribution in [0.2, 0.25) is 0 Å². The highest BCUT2D eigenvalue weighted by atomic mass is 19.1. The van der Waals surface area contributed by atoms with Crippen molar-refractivity contribution in [3.63, 3.8) is 0 Å². The second-order valence-electron chi connectivity index (χ2n) is 5.34. The predicted molar refractivity (Wildman–Crippen MR) is 72.6 cm³/mol. The van der Waals surface area contributed by atoms with Gasteiger partial charge in [0.25, 0.3) is 5.69 Å².